The lowest BCUT2D eigenvalue weighted by molar-refractivity contribution is -0.124. The SMILES string of the molecule is Cc1noc([C@H](NC(=O)COc2cccc(Cl)c2C)C(C)C)n1. The van der Waals surface area contributed by atoms with Crippen LogP contribution in [0, 0.1) is 19.8 Å². The summed E-state index contributed by atoms with van der Waals surface area (Å²) < 4.78 is 10.7. The Morgan fingerprint density at radius 1 is 1.39 bits per heavy atom. The Bertz CT molecular complexity index is 685. The molecule has 0 fully saturated rings. The molecule has 0 saturated heterocycles. The van der Waals surface area contributed by atoms with Crippen LogP contribution in [-0.2, 0) is 4.79 Å². The number of carbonyl (C=O) groups is 1. The predicted molar refractivity (Wildman–Crippen MR) is 86.4 cm³/mol. The summed E-state index contributed by atoms with van der Waals surface area (Å²) in [5, 5.41) is 7.22. The van der Waals surface area contributed by atoms with E-state index in [4.69, 9.17) is 20.9 Å². The number of ether oxygens (including phenoxy) is 1. The Kier molecular flexibility index (Phi) is 5.60. The molecule has 2 rings (SSSR count). The first kappa shape index (κ1) is 17.3. The second-order valence-electron chi connectivity index (χ2n) is 5.62. The van der Waals surface area contributed by atoms with Crippen LogP contribution in [0.4, 0.5) is 0 Å². The normalized spacial score (nSPS) is 12.3. The molecule has 124 valence electrons. The molecule has 0 bridgehead atoms. The van der Waals surface area contributed by atoms with Crippen molar-refractivity contribution in [2.45, 2.75) is 33.7 Å². The topological polar surface area (TPSA) is 77.2 Å². The fourth-order valence-electron chi connectivity index (χ4n) is 2.06. The molecule has 1 heterocycles. The van der Waals surface area contributed by atoms with Crippen molar-refractivity contribution in [1.82, 2.24) is 15.5 Å². The maximum absolute atomic E-state index is 12.1. The minimum atomic E-state index is -0.354. The van der Waals surface area contributed by atoms with Crippen molar-refractivity contribution in [3.05, 3.63) is 40.5 Å². The molecular formula is C16H20ClN3O3. The first-order chi connectivity index (χ1) is 10.9. The van der Waals surface area contributed by atoms with Crippen LogP contribution in [0.25, 0.3) is 0 Å². The van der Waals surface area contributed by atoms with Crippen LogP contribution in [0.15, 0.2) is 22.7 Å². The molecule has 1 amide bonds. The second kappa shape index (κ2) is 7.46. The number of nitrogens with one attached hydrogen (secondary N) is 1. The third kappa shape index (κ3) is 4.45. The number of amides is 1. The average Bonchev–Trinajstić information content (AvgIpc) is 2.92. The molecule has 0 saturated carbocycles. The maximum atomic E-state index is 12.1. The highest BCUT2D eigenvalue weighted by Gasteiger charge is 2.24. The summed E-state index contributed by atoms with van der Waals surface area (Å²) in [5.41, 5.74) is 0.801. The first-order valence-electron chi connectivity index (χ1n) is 7.36. The Hall–Kier alpha value is -2.08. The summed E-state index contributed by atoms with van der Waals surface area (Å²) in [5.74, 6) is 1.35. The van der Waals surface area contributed by atoms with E-state index in [1.807, 2.05) is 20.8 Å². The predicted octanol–water partition coefficient (Wildman–Crippen LogP) is 3.23. The van der Waals surface area contributed by atoms with Crippen LogP contribution in [0.3, 0.4) is 0 Å². The van der Waals surface area contributed by atoms with Gasteiger partial charge in [0, 0.05) is 10.6 Å². The van der Waals surface area contributed by atoms with Crippen molar-refractivity contribution in [2.75, 3.05) is 6.61 Å². The molecule has 0 aliphatic rings. The molecule has 1 aromatic carbocycles. The van der Waals surface area contributed by atoms with Gasteiger partial charge in [0.15, 0.2) is 12.4 Å². The maximum Gasteiger partial charge on any atom is 0.258 e. The summed E-state index contributed by atoms with van der Waals surface area (Å²) in [6, 6.07) is 4.97. The molecule has 0 spiro atoms. The Morgan fingerprint density at radius 2 is 2.13 bits per heavy atom. The number of nitrogens with zero attached hydrogens (tertiary/aromatic N) is 2. The van der Waals surface area contributed by atoms with E-state index in [-0.39, 0.29) is 24.5 Å². The number of aromatic nitrogens is 2. The van der Waals surface area contributed by atoms with E-state index < -0.39 is 0 Å². The number of rotatable bonds is 6. The quantitative estimate of drug-likeness (QED) is 0.875. The van der Waals surface area contributed by atoms with Gasteiger partial charge in [-0.25, -0.2) is 0 Å². The highest BCUT2D eigenvalue weighted by molar-refractivity contribution is 6.31. The van der Waals surface area contributed by atoms with Gasteiger partial charge < -0.3 is 14.6 Å². The Morgan fingerprint density at radius 3 is 2.74 bits per heavy atom. The van der Waals surface area contributed by atoms with Gasteiger partial charge in [0.25, 0.3) is 5.91 Å². The molecule has 0 radical (unpaired) electrons. The molecule has 0 unspecified atom stereocenters. The van der Waals surface area contributed by atoms with Gasteiger partial charge in [-0.2, -0.15) is 4.98 Å². The highest BCUT2D eigenvalue weighted by atomic mass is 35.5. The van der Waals surface area contributed by atoms with Gasteiger partial charge in [-0.05, 0) is 31.9 Å². The van der Waals surface area contributed by atoms with Crippen LogP contribution >= 0.6 is 11.6 Å². The van der Waals surface area contributed by atoms with Crippen LogP contribution < -0.4 is 10.1 Å². The van der Waals surface area contributed by atoms with Crippen molar-refractivity contribution in [3.63, 3.8) is 0 Å². The van der Waals surface area contributed by atoms with E-state index in [0.717, 1.165) is 5.56 Å². The third-order valence-corrected chi connectivity index (χ3v) is 3.78. The summed E-state index contributed by atoms with van der Waals surface area (Å²) in [7, 11) is 0. The van der Waals surface area contributed by atoms with Crippen molar-refractivity contribution in [2.24, 2.45) is 5.92 Å². The van der Waals surface area contributed by atoms with Crippen LogP contribution in [0.2, 0.25) is 5.02 Å². The summed E-state index contributed by atoms with van der Waals surface area (Å²) in [4.78, 5) is 16.3. The molecule has 23 heavy (non-hydrogen) atoms. The average molecular weight is 338 g/mol. The number of halogens is 1. The molecule has 0 aliphatic carbocycles. The molecule has 6 nitrogen and oxygen atoms in total. The van der Waals surface area contributed by atoms with E-state index in [9.17, 15) is 4.79 Å². The fourth-order valence-corrected chi connectivity index (χ4v) is 2.22. The lowest BCUT2D eigenvalue weighted by Crippen LogP contribution is -2.35. The van der Waals surface area contributed by atoms with Gasteiger partial charge in [0.05, 0.1) is 0 Å². The minimum absolute atomic E-state index is 0.103. The van der Waals surface area contributed by atoms with Gasteiger partial charge in [0.2, 0.25) is 5.89 Å². The molecule has 1 N–H and O–H groups in total. The fraction of sp³-hybridized carbons (Fsp3) is 0.438. The van der Waals surface area contributed by atoms with Gasteiger partial charge in [-0.3, -0.25) is 4.79 Å². The van der Waals surface area contributed by atoms with Gasteiger partial charge in [0.1, 0.15) is 11.8 Å². The van der Waals surface area contributed by atoms with Crippen molar-refractivity contribution in [1.29, 1.82) is 0 Å². The second-order valence-corrected chi connectivity index (χ2v) is 6.03. The zero-order valence-electron chi connectivity index (χ0n) is 13.6. The lowest BCUT2D eigenvalue weighted by atomic mass is 10.0. The van der Waals surface area contributed by atoms with Gasteiger partial charge in [-0.15, -0.1) is 0 Å². The standard InChI is InChI=1S/C16H20ClN3O3/c1-9(2)15(16-18-11(4)20-23-16)19-14(21)8-22-13-7-5-6-12(17)10(13)3/h5-7,9,15H,8H2,1-4H3,(H,19,21)/t15-/m1/s1. The molecular weight excluding hydrogens is 318 g/mol. The zero-order valence-corrected chi connectivity index (χ0v) is 14.3. The van der Waals surface area contributed by atoms with E-state index >= 15 is 0 Å². The van der Waals surface area contributed by atoms with Crippen LogP contribution in [0.5, 0.6) is 5.75 Å². The number of hydrogen-bond acceptors (Lipinski definition) is 5. The first-order valence-corrected chi connectivity index (χ1v) is 7.73. The number of aryl methyl sites for hydroxylation is 1. The molecule has 0 aliphatic heterocycles. The number of carbonyl (C=O) groups excluding carboxylic acids is 1. The van der Waals surface area contributed by atoms with E-state index in [2.05, 4.69) is 15.5 Å². The molecule has 1 aromatic heterocycles. The molecule has 1 atom stereocenters. The number of benzene rings is 1. The highest BCUT2D eigenvalue weighted by Crippen LogP contribution is 2.25. The molecule has 2 aromatic rings. The van der Waals surface area contributed by atoms with Gasteiger partial charge >= 0.3 is 0 Å². The van der Waals surface area contributed by atoms with Crippen molar-refractivity contribution < 1.29 is 14.1 Å². The van der Waals surface area contributed by atoms with Crippen molar-refractivity contribution in [3.8, 4) is 5.75 Å². The Balaban J connectivity index is 1.98. The number of hydrogen-bond donors (Lipinski definition) is 1. The monoisotopic (exact) mass is 337 g/mol. The zero-order chi connectivity index (χ0) is 17.0. The molecule has 7 heteroatoms. The van der Waals surface area contributed by atoms with Crippen LogP contribution in [0.1, 0.15) is 37.2 Å². The van der Waals surface area contributed by atoms with E-state index in [1.165, 1.54) is 0 Å². The Labute approximate surface area is 140 Å². The largest absolute Gasteiger partial charge is 0.483 e. The van der Waals surface area contributed by atoms with Crippen LogP contribution in [-0.4, -0.2) is 22.7 Å². The lowest BCUT2D eigenvalue weighted by Gasteiger charge is -2.19. The van der Waals surface area contributed by atoms with Gasteiger partial charge in [-0.1, -0.05) is 36.7 Å². The summed E-state index contributed by atoms with van der Waals surface area (Å²) in [6.45, 7) is 7.39. The smallest absolute Gasteiger partial charge is 0.258 e. The third-order valence-electron chi connectivity index (χ3n) is 3.37. The van der Waals surface area contributed by atoms with E-state index in [0.29, 0.717) is 22.5 Å². The minimum Gasteiger partial charge on any atom is -0.483 e. The summed E-state index contributed by atoms with van der Waals surface area (Å²) >= 11 is 6.03. The summed E-state index contributed by atoms with van der Waals surface area (Å²) in [6.07, 6.45) is 0. The van der Waals surface area contributed by atoms with Crippen molar-refractivity contribution >= 4 is 17.5 Å². The van der Waals surface area contributed by atoms with E-state index in [1.54, 1.807) is 25.1 Å².